The minimum absolute atomic E-state index is 0.0428. The number of hydrogen-bond acceptors (Lipinski definition) is 12. The molecule has 0 spiro atoms. The smallest absolute Gasteiger partial charge is 0.167 e. The Labute approximate surface area is 223 Å². The van der Waals surface area contributed by atoms with Gasteiger partial charge in [0.1, 0.15) is 54.3 Å². The zero-order chi connectivity index (χ0) is 27.8. The number of phenols is 3. The highest BCUT2D eigenvalue weighted by Gasteiger charge is 2.19. The average molecular weight is 538 g/mol. The van der Waals surface area contributed by atoms with Crippen LogP contribution in [-0.2, 0) is 0 Å². The van der Waals surface area contributed by atoms with Gasteiger partial charge in [0, 0.05) is 18.2 Å². The number of nitrogens with zero attached hydrogens (tertiary/aromatic N) is 3. The summed E-state index contributed by atoms with van der Waals surface area (Å²) in [6, 6.07) is 13.4. The average Bonchev–Trinajstić information content (AvgIpc) is 2.93. The molecule has 0 aliphatic rings. The van der Waals surface area contributed by atoms with Gasteiger partial charge in [0.2, 0.25) is 0 Å². The second-order valence-corrected chi connectivity index (χ2v) is 8.06. The molecule has 12 nitrogen and oxygen atoms in total. The van der Waals surface area contributed by atoms with Crippen LogP contribution in [0.25, 0.3) is 34.2 Å². The summed E-state index contributed by atoms with van der Waals surface area (Å²) in [6.45, 7) is -0.426. The summed E-state index contributed by atoms with van der Waals surface area (Å²) in [5.41, 5.74) is 0.670. The maximum atomic E-state index is 10.7. The van der Waals surface area contributed by atoms with Crippen molar-refractivity contribution in [2.45, 2.75) is 0 Å². The molecular formula is C27H27N3O9. The van der Waals surface area contributed by atoms with Crippen molar-refractivity contribution in [3.63, 3.8) is 0 Å². The first-order valence-corrected chi connectivity index (χ1v) is 11.9. The van der Waals surface area contributed by atoms with Gasteiger partial charge >= 0.3 is 0 Å². The topological polar surface area (TPSA) is 188 Å². The van der Waals surface area contributed by atoms with E-state index >= 15 is 0 Å². The lowest BCUT2D eigenvalue weighted by Crippen LogP contribution is -2.03. The normalized spacial score (nSPS) is 10.8. The van der Waals surface area contributed by atoms with Crippen molar-refractivity contribution in [2.75, 3.05) is 39.6 Å². The second-order valence-electron chi connectivity index (χ2n) is 8.06. The van der Waals surface area contributed by atoms with Gasteiger partial charge in [0.05, 0.1) is 36.5 Å². The summed E-state index contributed by atoms with van der Waals surface area (Å²) in [5.74, 6) is 0.488. The van der Waals surface area contributed by atoms with E-state index in [1.807, 2.05) is 0 Å². The third kappa shape index (κ3) is 6.62. The van der Waals surface area contributed by atoms with Crippen molar-refractivity contribution in [3.05, 3.63) is 54.6 Å². The largest absolute Gasteiger partial charge is 0.507 e. The number of aliphatic hydroxyl groups is 3. The molecule has 1 aromatic heterocycles. The van der Waals surface area contributed by atoms with Crippen molar-refractivity contribution in [3.8, 4) is 68.7 Å². The van der Waals surface area contributed by atoms with Crippen LogP contribution in [0.2, 0.25) is 0 Å². The van der Waals surface area contributed by atoms with Crippen LogP contribution in [0, 0.1) is 0 Å². The van der Waals surface area contributed by atoms with Crippen molar-refractivity contribution < 1.29 is 44.8 Å². The highest BCUT2D eigenvalue weighted by atomic mass is 16.5. The lowest BCUT2D eigenvalue weighted by Gasteiger charge is -2.13. The van der Waals surface area contributed by atoms with E-state index in [0.29, 0.717) is 17.2 Å². The van der Waals surface area contributed by atoms with E-state index < -0.39 is 0 Å². The molecule has 0 amide bonds. The number of benzene rings is 3. The number of rotatable bonds is 12. The van der Waals surface area contributed by atoms with Gasteiger partial charge in [-0.2, -0.15) is 0 Å². The minimum atomic E-state index is -0.206. The number of aliphatic hydroxyl groups excluding tert-OH is 3. The second kappa shape index (κ2) is 12.7. The van der Waals surface area contributed by atoms with E-state index in [1.54, 1.807) is 18.2 Å². The highest BCUT2D eigenvalue weighted by molar-refractivity contribution is 5.74. The van der Waals surface area contributed by atoms with Gasteiger partial charge < -0.3 is 44.8 Å². The van der Waals surface area contributed by atoms with Gasteiger partial charge in [-0.1, -0.05) is 0 Å². The highest BCUT2D eigenvalue weighted by Crippen LogP contribution is 2.37. The Morgan fingerprint density at radius 1 is 0.462 bits per heavy atom. The van der Waals surface area contributed by atoms with E-state index in [1.165, 1.54) is 36.4 Å². The van der Waals surface area contributed by atoms with Crippen LogP contribution >= 0.6 is 0 Å². The molecule has 6 N–H and O–H groups in total. The quantitative estimate of drug-likeness (QED) is 0.155. The Kier molecular flexibility index (Phi) is 8.94. The fraction of sp³-hybridized carbons (Fsp3) is 0.222. The molecule has 204 valence electrons. The zero-order valence-corrected chi connectivity index (χ0v) is 20.7. The molecule has 1 heterocycles. The molecule has 0 saturated heterocycles. The Balaban J connectivity index is 1.82. The number of phenolic OH excluding ortho intramolecular Hbond substituents is 3. The van der Waals surface area contributed by atoms with Crippen LogP contribution < -0.4 is 14.2 Å². The number of aromatic nitrogens is 3. The SMILES string of the molecule is OCCOc1ccc(-c2nc(-c3ccc(OCCO)cc3O)nc(-c3ccc(OCCO)cc3O)n2)c(O)c1. The molecule has 0 aliphatic heterocycles. The number of aromatic hydroxyl groups is 3. The van der Waals surface area contributed by atoms with Crippen molar-refractivity contribution in [1.29, 1.82) is 0 Å². The van der Waals surface area contributed by atoms with E-state index in [4.69, 9.17) is 29.5 Å². The predicted molar refractivity (Wildman–Crippen MR) is 139 cm³/mol. The summed E-state index contributed by atoms with van der Waals surface area (Å²) < 4.78 is 16.0. The number of ether oxygens (including phenoxy) is 3. The molecule has 0 aliphatic carbocycles. The Hall–Kier alpha value is -4.65. The van der Waals surface area contributed by atoms with Gasteiger partial charge in [0.25, 0.3) is 0 Å². The molecular weight excluding hydrogens is 510 g/mol. The summed E-state index contributed by atoms with van der Waals surface area (Å²) in [7, 11) is 0. The molecule has 0 atom stereocenters. The molecule has 0 bridgehead atoms. The summed E-state index contributed by atoms with van der Waals surface area (Å²) in [4.78, 5) is 13.4. The minimum Gasteiger partial charge on any atom is -0.507 e. The lowest BCUT2D eigenvalue weighted by molar-refractivity contribution is 0.201. The standard InChI is InChI=1S/C27H27N3O9/c31-7-10-37-16-1-4-19(22(34)13-16)25-28-26(20-5-2-17(14-23(20)35)38-11-8-32)30-27(29-25)21-6-3-18(15-24(21)36)39-12-9-33/h1-6,13-15,31-36H,7-12H2. The van der Waals surface area contributed by atoms with Gasteiger partial charge in [-0.15, -0.1) is 0 Å². The molecule has 3 aromatic carbocycles. The van der Waals surface area contributed by atoms with Crippen LogP contribution in [0.3, 0.4) is 0 Å². The Bertz CT molecular complexity index is 1250. The number of hydrogen-bond donors (Lipinski definition) is 6. The van der Waals surface area contributed by atoms with Gasteiger partial charge in [-0.05, 0) is 36.4 Å². The van der Waals surface area contributed by atoms with Crippen LogP contribution in [0.15, 0.2) is 54.6 Å². The van der Waals surface area contributed by atoms with E-state index in [-0.39, 0.29) is 91.1 Å². The van der Waals surface area contributed by atoms with Crippen LogP contribution in [0.1, 0.15) is 0 Å². The molecule has 0 saturated carbocycles. The van der Waals surface area contributed by atoms with Crippen LogP contribution in [0.4, 0.5) is 0 Å². The first-order chi connectivity index (χ1) is 18.9. The monoisotopic (exact) mass is 537 g/mol. The third-order valence-corrected chi connectivity index (χ3v) is 5.35. The van der Waals surface area contributed by atoms with Gasteiger partial charge in [-0.25, -0.2) is 15.0 Å². The molecule has 39 heavy (non-hydrogen) atoms. The Morgan fingerprint density at radius 2 is 0.744 bits per heavy atom. The van der Waals surface area contributed by atoms with E-state index in [9.17, 15) is 15.3 Å². The van der Waals surface area contributed by atoms with Gasteiger partial charge in [-0.3, -0.25) is 0 Å². The third-order valence-electron chi connectivity index (χ3n) is 5.35. The summed E-state index contributed by atoms with van der Waals surface area (Å²) in [6.07, 6.45) is 0. The van der Waals surface area contributed by atoms with Crippen LogP contribution in [0.5, 0.6) is 34.5 Å². The molecule has 4 aromatic rings. The molecule has 0 radical (unpaired) electrons. The molecule has 4 rings (SSSR count). The fourth-order valence-electron chi connectivity index (χ4n) is 3.60. The van der Waals surface area contributed by atoms with E-state index in [0.717, 1.165) is 0 Å². The Morgan fingerprint density at radius 3 is 0.974 bits per heavy atom. The first kappa shape index (κ1) is 27.4. The van der Waals surface area contributed by atoms with E-state index in [2.05, 4.69) is 15.0 Å². The van der Waals surface area contributed by atoms with Gasteiger partial charge in [0.15, 0.2) is 17.5 Å². The van der Waals surface area contributed by atoms with Crippen molar-refractivity contribution >= 4 is 0 Å². The van der Waals surface area contributed by atoms with Crippen LogP contribution in [-0.4, -0.2) is 85.2 Å². The maximum absolute atomic E-state index is 10.7. The van der Waals surface area contributed by atoms with Crippen molar-refractivity contribution in [1.82, 2.24) is 15.0 Å². The molecule has 12 heteroatoms. The summed E-state index contributed by atoms with van der Waals surface area (Å²) >= 11 is 0. The summed E-state index contributed by atoms with van der Waals surface area (Å²) in [5, 5.41) is 59.0. The fourth-order valence-corrected chi connectivity index (χ4v) is 3.60. The first-order valence-electron chi connectivity index (χ1n) is 11.9. The maximum Gasteiger partial charge on any atom is 0.167 e. The molecule has 0 fully saturated rings. The zero-order valence-electron chi connectivity index (χ0n) is 20.7. The lowest BCUT2D eigenvalue weighted by atomic mass is 10.1. The predicted octanol–water partition coefficient (Wildman–Crippen LogP) is 2.10. The van der Waals surface area contributed by atoms with Crippen molar-refractivity contribution in [2.24, 2.45) is 0 Å². The molecule has 0 unspecified atom stereocenters.